The summed E-state index contributed by atoms with van der Waals surface area (Å²) in [6.07, 6.45) is 3.71. The van der Waals surface area contributed by atoms with E-state index in [1.54, 1.807) is 6.33 Å². The molecule has 2 aromatic carbocycles. The molecule has 7 nitrogen and oxygen atoms in total. The molecule has 0 unspecified atom stereocenters. The average Bonchev–Trinajstić information content (AvgIpc) is 2.78. The summed E-state index contributed by atoms with van der Waals surface area (Å²) in [5.41, 5.74) is 6.68. The number of benzene rings is 2. The van der Waals surface area contributed by atoms with Crippen LogP contribution in [0.1, 0.15) is 47.9 Å². The molecular formula is C25H30N6O. The number of carbonyl (C=O) groups is 1. The third kappa shape index (κ3) is 4.88. The monoisotopic (exact) mass is 430 g/mol. The molecule has 166 valence electrons. The predicted octanol–water partition coefficient (Wildman–Crippen LogP) is 4.88. The summed E-state index contributed by atoms with van der Waals surface area (Å²) < 4.78 is 0. The summed E-state index contributed by atoms with van der Waals surface area (Å²) in [6, 6.07) is 12.5. The van der Waals surface area contributed by atoms with Gasteiger partial charge in [-0.1, -0.05) is 24.3 Å². The Bertz CT molecular complexity index is 1120. The van der Waals surface area contributed by atoms with Crippen molar-refractivity contribution in [3.63, 3.8) is 0 Å². The first-order chi connectivity index (χ1) is 15.4. The van der Waals surface area contributed by atoms with Crippen LogP contribution in [0, 0.1) is 20.8 Å². The fraction of sp³-hybridized carbons (Fsp3) is 0.360. The van der Waals surface area contributed by atoms with Gasteiger partial charge in [-0.3, -0.25) is 4.79 Å². The van der Waals surface area contributed by atoms with Gasteiger partial charge < -0.3 is 15.5 Å². The SMILES string of the molecule is CC(=O)Nc1cccc(Nc2ncnc(N3CCC(c4ccc(C)c(C)c4)CC3)n2)c1C. The molecule has 4 rings (SSSR count). The molecule has 0 radical (unpaired) electrons. The van der Waals surface area contributed by atoms with E-state index >= 15 is 0 Å². The lowest BCUT2D eigenvalue weighted by Crippen LogP contribution is -2.34. The van der Waals surface area contributed by atoms with Crippen LogP contribution in [-0.2, 0) is 4.79 Å². The Morgan fingerprint density at radius 2 is 1.75 bits per heavy atom. The number of carbonyl (C=O) groups excluding carboxylic acids is 1. The van der Waals surface area contributed by atoms with Gasteiger partial charge in [-0.05, 0) is 73.9 Å². The number of nitrogens with zero attached hydrogens (tertiary/aromatic N) is 4. The van der Waals surface area contributed by atoms with Crippen molar-refractivity contribution in [2.75, 3.05) is 28.6 Å². The minimum atomic E-state index is -0.100. The zero-order valence-corrected chi connectivity index (χ0v) is 19.1. The maximum Gasteiger partial charge on any atom is 0.232 e. The van der Waals surface area contributed by atoms with Crippen LogP contribution in [0.4, 0.5) is 23.3 Å². The van der Waals surface area contributed by atoms with Crippen molar-refractivity contribution < 1.29 is 4.79 Å². The third-order valence-corrected chi connectivity index (χ3v) is 6.23. The zero-order chi connectivity index (χ0) is 22.7. The van der Waals surface area contributed by atoms with Crippen LogP contribution in [0.5, 0.6) is 0 Å². The first-order valence-corrected chi connectivity index (χ1v) is 11.1. The molecule has 1 aliphatic heterocycles. The Labute approximate surface area is 189 Å². The Morgan fingerprint density at radius 1 is 1.00 bits per heavy atom. The van der Waals surface area contributed by atoms with E-state index in [0.717, 1.165) is 42.9 Å². The van der Waals surface area contributed by atoms with Crippen LogP contribution in [0.15, 0.2) is 42.7 Å². The number of aryl methyl sites for hydroxylation is 2. The van der Waals surface area contributed by atoms with E-state index in [1.165, 1.54) is 23.6 Å². The van der Waals surface area contributed by atoms with Gasteiger partial charge in [0.05, 0.1) is 0 Å². The fourth-order valence-corrected chi connectivity index (χ4v) is 4.15. The molecule has 0 spiro atoms. The molecule has 1 aliphatic rings. The zero-order valence-electron chi connectivity index (χ0n) is 19.1. The summed E-state index contributed by atoms with van der Waals surface area (Å²) >= 11 is 0. The van der Waals surface area contributed by atoms with Crippen LogP contribution >= 0.6 is 0 Å². The Kier molecular flexibility index (Phi) is 6.35. The predicted molar refractivity (Wildman–Crippen MR) is 129 cm³/mol. The second-order valence-electron chi connectivity index (χ2n) is 8.50. The molecular weight excluding hydrogens is 400 g/mol. The molecule has 0 aliphatic carbocycles. The Morgan fingerprint density at radius 3 is 2.47 bits per heavy atom. The van der Waals surface area contributed by atoms with E-state index in [-0.39, 0.29) is 5.91 Å². The van der Waals surface area contributed by atoms with E-state index < -0.39 is 0 Å². The van der Waals surface area contributed by atoms with Gasteiger partial charge in [0.2, 0.25) is 17.8 Å². The van der Waals surface area contributed by atoms with Gasteiger partial charge >= 0.3 is 0 Å². The van der Waals surface area contributed by atoms with Crippen molar-refractivity contribution in [3.8, 4) is 0 Å². The van der Waals surface area contributed by atoms with Gasteiger partial charge in [-0.2, -0.15) is 4.98 Å². The summed E-state index contributed by atoms with van der Waals surface area (Å²) in [4.78, 5) is 27.0. The van der Waals surface area contributed by atoms with Crippen molar-refractivity contribution in [3.05, 3.63) is 65.0 Å². The number of hydrogen-bond donors (Lipinski definition) is 2. The second-order valence-corrected chi connectivity index (χ2v) is 8.50. The molecule has 1 saturated heterocycles. The van der Waals surface area contributed by atoms with Gasteiger partial charge in [0.15, 0.2) is 0 Å². The quantitative estimate of drug-likeness (QED) is 0.600. The molecule has 2 N–H and O–H groups in total. The Balaban J connectivity index is 1.44. The van der Waals surface area contributed by atoms with Crippen LogP contribution < -0.4 is 15.5 Å². The number of hydrogen-bond acceptors (Lipinski definition) is 6. The standard InChI is InChI=1S/C25H30N6O/c1-16-8-9-21(14-17(16)2)20-10-12-31(13-11-20)25-27-15-26-24(30-25)29-23-7-5-6-22(18(23)3)28-19(4)32/h5-9,14-15,20H,10-13H2,1-4H3,(H,28,32)(H,26,27,29,30). The van der Waals surface area contributed by atoms with Crippen molar-refractivity contribution in [1.82, 2.24) is 15.0 Å². The van der Waals surface area contributed by atoms with Gasteiger partial charge in [-0.25, -0.2) is 9.97 Å². The van der Waals surface area contributed by atoms with Gasteiger partial charge in [0.25, 0.3) is 0 Å². The smallest absolute Gasteiger partial charge is 0.232 e. The molecule has 0 atom stereocenters. The maximum absolute atomic E-state index is 11.4. The highest BCUT2D eigenvalue weighted by molar-refractivity contribution is 5.90. The van der Waals surface area contributed by atoms with Crippen LogP contribution in [0.2, 0.25) is 0 Å². The molecule has 1 amide bonds. The number of amides is 1. The van der Waals surface area contributed by atoms with Crippen molar-refractivity contribution in [2.24, 2.45) is 0 Å². The van der Waals surface area contributed by atoms with Gasteiger partial charge in [0.1, 0.15) is 6.33 Å². The van der Waals surface area contributed by atoms with Crippen LogP contribution in [-0.4, -0.2) is 33.9 Å². The highest BCUT2D eigenvalue weighted by atomic mass is 16.1. The minimum absolute atomic E-state index is 0.100. The van der Waals surface area contributed by atoms with Gasteiger partial charge in [-0.15, -0.1) is 0 Å². The fourth-order valence-electron chi connectivity index (χ4n) is 4.15. The van der Waals surface area contributed by atoms with E-state index in [2.05, 4.69) is 62.5 Å². The number of rotatable bonds is 5. The molecule has 1 fully saturated rings. The number of nitrogens with one attached hydrogen (secondary N) is 2. The average molecular weight is 431 g/mol. The van der Waals surface area contributed by atoms with Crippen molar-refractivity contribution in [1.29, 1.82) is 0 Å². The molecule has 32 heavy (non-hydrogen) atoms. The second kappa shape index (κ2) is 9.34. The topological polar surface area (TPSA) is 83.0 Å². The molecule has 7 heteroatoms. The van der Waals surface area contributed by atoms with Crippen molar-refractivity contribution in [2.45, 2.75) is 46.5 Å². The first-order valence-electron chi connectivity index (χ1n) is 11.1. The Hall–Kier alpha value is -3.48. The van der Waals surface area contributed by atoms with Crippen LogP contribution in [0.3, 0.4) is 0 Å². The van der Waals surface area contributed by atoms with Gasteiger partial charge in [0, 0.05) is 31.4 Å². The highest BCUT2D eigenvalue weighted by Gasteiger charge is 2.23. The summed E-state index contributed by atoms with van der Waals surface area (Å²) in [7, 11) is 0. The van der Waals surface area contributed by atoms with Crippen molar-refractivity contribution >= 4 is 29.2 Å². The highest BCUT2D eigenvalue weighted by Crippen LogP contribution is 2.31. The number of anilines is 4. The normalized spacial score (nSPS) is 14.3. The summed E-state index contributed by atoms with van der Waals surface area (Å²) in [5.74, 6) is 1.66. The lowest BCUT2D eigenvalue weighted by atomic mass is 9.88. The largest absolute Gasteiger partial charge is 0.341 e. The van der Waals surface area contributed by atoms with E-state index in [0.29, 0.717) is 17.8 Å². The minimum Gasteiger partial charge on any atom is -0.341 e. The van der Waals surface area contributed by atoms with E-state index in [4.69, 9.17) is 0 Å². The lowest BCUT2D eigenvalue weighted by Gasteiger charge is -2.32. The molecule has 2 heterocycles. The molecule has 0 bridgehead atoms. The summed E-state index contributed by atoms with van der Waals surface area (Å²) in [5, 5.41) is 6.12. The third-order valence-electron chi connectivity index (χ3n) is 6.23. The maximum atomic E-state index is 11.4. The van der Waals surface area contributed by atoms with E-state index in [1.807, 2.05) is 25.1 Å². The molecule has 3 aromatic rings. The van der Waals surface area contributed by atoms with E-state index in [9.17, 15) is 4.79 Å². The van der Waals surface area contributed by atoms with Crippen LogP contribution in [0.25, 0.3) is 0 Å². The first kappa shape index (κ1) is 21.7. The summed E-state index contributed by atoms with van der Waals surface area (Å²) in [6.45, 7) is 9.62. The number of piperidine rings is 1. The number of aromatic nitrogens is 3. The molecule has 1 aromatic heterocycles. The molecule has 0 saturated carbocycles. The lowest BCUT2D eigenvalue weighted by molar-refractivity contribution is -0.114.